The standard InChI is InChI=1S/C22H22FN7O3S/c1-12-21(34-13(2)27-12)29-22-26-11-25-20(28-22)14-3-4-17(15(7-14)8-24)33-18-5-6-30(9-16(18)23)19(32)10-31/h3-4,7,11,16,18,31H,5-6,9-10H2,1-2H3,(H,25,26,28,29)/t16-,18+/m1/s1. The van der Waals surface area contributed by atoms with Crippen molar-refractivity contribution in [3.8, 4) is 23.2 Å². The molecule has 12 heteroatoms. The van der Waals surface area contributed by atoms with Crippen molar-refractivity contribution in [2.45, 2.75) is 32.5 Å². The topological polar surface area (TPSA) is 137 Å². The highest BCUT2D eigenvalue weighted by Crippen LogP contribution is 2.29. The first kappa shape index (κ1) is 23.5. The first-order valence-corrected chi connectivity index (χ1v) is 11.3. The minimum absolute atomic E-state index is 0.163. The third kappa shape index (κ3) is 5.11. The second kappa shape index (κ2) is 10.1. The quantitative estimate of drug-likeness (QED) is 0.542. The number of aliphatic hydroxyl groups is 1. The van der Waals surface area contributed by atoms with Crippen LogP contribution in [0.1, 0.15) is 22.7 Å². The van der Waals surface area contributed by atoms with Crippen molar-refractivity contribution in [3.05, 3.63) is 40.8 Å². The molecule has 3 heterocycles. The monoisotopic (exact) mass is 483 g/mol. The van der Waals surface area contributed by atoms with E-state index in [9.17, 15) is 14.4 Å². The molecule has 1 saturated heterocycles. The van der Waals surface area contributed by atoms with Gasteiger partial charge in [0, 0.05) is 18.5 Å². The predicted octanol–water partition coefficient (Wildman–Crippen LogP) is 2.54. The lowest BCUT2D eigenvalue weighted by atomic mass is 10.0. The molecule has 1 fully saturated rings. The summed E-state index contributed by atoms with van der Waals surface area (Å²) in [5.41, 5.74) is 1.63. The largest absolute Gasteiger partial charge is 0.486 e. The Kier molecular flexibility index (Phi) is 6.95. The van der Waals surface area contributed by atoms with Crippen LogP contribution in [0.3, 0.4) is 0 Å². The average Bonchev–Trinajstić information content (AvgIpc) is 3.16. The number of hydrogen-bond acceptors (Lipinski definition) is 10. The second-order valence-corrected chi connectivity index (χ2v) is 8.89. The van der Waals surface area contributed by atoms with Crippen LogP contribution < -0.4 is 10.1 Å². The van der Waals surface area contributed by atoms with Gasteiger partial charge in [-0.15, -0.1) is 11.3 Å². The molecule has 34 heavy (non-hydrogen) atoms. The molecule has 0 aliphatic carbocycles. The van der Waals surface area contributed by atoms with Crippen molar-refractivity contribution in [1.82, 2.24) is 24.8 Å². The first-order valence-electron chi connectivity index (χ1n) is 10.5. The molecule has 3 aromatic rings. The number of rotatable bonds is 6. The van der Waals surface area contributed by atoms with Crippen molar-refractivity contribution in [3.63, 3.8) is 0 Å². The molecule has 2 atom stereocenters. The molecule has 0 unspecified atom stereocenters. The number of likely N-dealkylation sites (tertiary alicyclic amines) is 1. The lowest BCUT2D eigenvalue weighted by Crippen LogP contribution is -2.50. The highest BCUT2D eigenvalue weighted by Gasteiger charge is 2.33. The lowest BCUT2D eigenvalue weighted by Gasteiger charge is -2.34. The Bertz CT molecular complexity index is 1250. The van der Waals surface area contributed by atoms with E-state index >= 15 is 0 Å². The number of carbonyl (C=O) groups is 1. The van der Waals surface area contributed by atoms with Gasteiger partial charge < -0.3 is 20.1 Å². The molecule has 1 aromatic carbocycles. The SMILES string of the molecule is Cc1nc(C)c(Nc2ncnc(-c3ccc(O[C@H]4CCN(C(=O)CO)C[C@H]4F)c(C#N)c3)n2)s1. The zero-order valence-electron chi connectivity index (χ0n) is 18.5. The van der Waals surface area contributed by atoms with Crippen LogP contribution in [0.5, 0.6) is 5.75 Å². The third-order valence-corrected chi connectivity index (χ3v) is 6.30. The number of thiazole rings is 1. The minimum atomic E-state index is -1.44. The van der Waals surface area contributed by atoms with E-state index in [2.05, 4.69) is 31.3 Å². The Morgan fingerprint density at radius 2 is 2.21 bits per heavy atom. The summed E-state index contributed by atoms with van der Waals surface area (Å²) >= 11 is 1.49. The molecule has 0 spiro atoms. The number of benzene rings is 1. The summed E-state index contributed by atoms with van der Waals surface area (Å²) in [5, 5.41) is 23.5. The fourth-order valence-corrected chi connectivity index (χ4v) is 4.42. The minimum Gasteiger partial charge on any atom is -0.486 e. The number of nitrogens with zero attached hydrogens (tertiary/aromatic N) is 6. The smallest absolute Gasteiger partial charge is 0.248 e. The normalized spacial score (nSPS) is 17.8. The van der Waals surface area contributed by atoms with E-state index in [1.807, 2.05) is 13.8 Å². The maximum atomic E-state index is 14.6. The molecule has 1 amide bonds. The third-order valence-electron chi connectivity index (χ3n) is 5.31. The van der Waals surface area contributed by atoms with E-state index in [-0.39, 0.29) is 30.8 Å². The summed E-state index contributed by atoms with van der Waals surface area (Å²) in [4.78, 5) is 30.0. The van der Waals surface area contributed by atoms with E-state index in [1.54, 1.807) is 18.2 Å². The van der Waals surface area contributed by atoms with E-state index in [0.717, 1.165) is 15.7 Å². The maximum absolute atomic E-state index is 14.6. The molecule has 2 N–H and O–H groups in total. The van der Waals surface area contributed by atoms with Gasteiger partial charge in [-0.25, -0.2) is 19.3 Å². The van der Waals surface area contributed by atoms with Crippen molar-refractivity contribution >= 4 is 28.2 Å². The van der Waals surface area contributed by atoms with Crippen LogP contribution in [0, 0.1) is 25.2 Å². The Labute approximate surface area is 199 Å². The van der Waals surface area contributed by atoms with Crippen LogP contribution in [0.4, 0.5) is 15.3 Å². The Balaban J connectivity index is 1.50. The number of alkyl halides is 1. The fourth-order valence-electron chi connectivity index (χ4n) is 3.61. The van der Waals surface area contributed by atoms with Gasteiger partial charge in [0.05, 0.1) is 22.8 Å². The average molecular weight is 484 g/mol. The molecule has 0 radical (unpaired) electrons. The summed E-state index contributed by atoms with van der Waals surface area (Å²) in [6.07, 6.45) is -0.621. The number of halogens is 1. The van der Waals surface area contributed by atoms with Gasteiger partial charge in [0.15, 0.2) is 12.0 Å². The highest BCUT2D eigenvalue weighted by atomic mass is 32.1. The molecule has 1 aliphatic rings. The van der Waals surface area contributed by atoms with Gasteiger partial charge in [0.25, 0.3) is 0 Å². The van der Waals surface area contributed by atoms with Crippen LogP contribution in [-0.4, -0.2) is 67.8 Å². The van der Waals surface area contributed by atoms with Crippen LogP contribution in [-0.2, 0) is 4.79 Å². The zero-order chi connectivity index (χ0) is 24.2. The number of nitrogens with one attached hydrogen (secondary N) is 1. The van der Waals surface area contributed by atoms with E-state index in [1.165, 1.54) is 22.6 Å². The molecule has 2 aromatic heterocycles. The van der Waals surface area contributed by atoms with Crippen LogP contribution in [0.15, 0.2) is 24.5 Å². The predicted molar refractivity (Wildman–Crippen MR) is 122 cm³/mol. The van der Waals surface area contributed by atoms with Gasteiger partial charge in [-0.2, -0.15) is 10.2 Å². The number of ether oxygens (including phenoxy) is 1. The highest BCUT2D eigenvalue weighted by molar-refractivity contribution is 7.15. The molecule has 0 saturated carbocycles. The molecule has 4 rings (SSSR count). The van der Waals surface area contributed by atoms with Crippen molar-refractivity contribution in [1.29, 1.82) is 5.26 Å². The van der Waals surface area contributed by atoms with E-state index in [4.69, 9.17) is 9.84 Å². The molecular weight excluding hydrogens is 461 g/mol. The molecule has 0 bridgehead atoms. The summed E-state index contributed by atoms with van der Waals surface area (Å²) in [6.45, 7) is 3.25. The Hall–Kier alpha value is -3.69. The maximum Gasteiger partial charge on any atom is 0.248 e. The Morgan fingerprint density at radius 3 is 2.88 bits per heavy atom. The van der Waals surface area contributed by atoms with Gasteiger partial charge in [0.1, 0.15) is 35.9 Å². The summed E-state index contributed by atoms with van der Waals surface area (Å²) in [7, 11) is 0. The molecule has 1 aliphatic heterocycles. The number of aromatic nitrogens is 4. The number of aliphatic hydroxyl groups excluding tert-OH is 1. The summed E-state index contributed by atoms with van der Waals surface area (Å²) < 4.78 is 20.4. The number of amides is 1. The molecule has 10 nitrogen and oxygen atoms in total. The summed E-state index contributed by atoms with van der Waals surface area (Å²) in [5.74, 6) is 0.428. The first-order chi connectivity index (χ1) is 16.4. The van der Waals surface area contributed by atoms with Gasteiger partial charge in [-0.1, -0.05) is 0 Å². The van der Waals surface area contributed by atoms with E-state index < -0.39 is 24.8 Å². The van der Waals surface area contributed by atoms with Crippen molar-refractivity contribution < 1.29 is 19.0 Å². The zero-order valence-corrected chi connectivity index (χ0v) is 19.3. The van der Waals surface area contributed by atoms with Crippen LogP contribution in [0.2, 0.25) is 0 Å². The number of nitriles is 1. The number of aryl methyl sites for hydroxylation is 2. The van der Waals surface area contributed by atoms with Crippen molar-refractivity contribution in [2.24, 2.45) is 0 Å². The van der Waals surface area contributed by atoms with Gasteiger partial charge >= 0.3 is 0 Å². The number of carbonyl (C=O) groups excluding carboxylic acids is 1. The number of piperidine rings is 1. The van der Waals surface area contributed by atoms with Gasteiger partial charge in [0.2, 0.25) is 11.9 Å². The fraction of sp³-hybridized carbons (Fsp3) is 0.364. The molecule has 176 valence electrons. The van der Waals surface area contributed by atoms with Gasteiger partial charge in [-0.05, 0) is 32.0 Å². The number of anilines is 2. The molecular formula is C22H22FN7O3S. The second-order valence-electron chi connectivity index (χ2n) is 7.69. The van der Waals surface area contributed by atoms with Gasteiger partial charge in [-0.3, -0.25) is 4.79 Å². The van der Waals surface area contributed by atoms with Crippen LogP contribution >= 0.6 is 11.3 Å². The van der Waals surface area contributed by atoms with Crippen molar-refractivity contribution in [2.75, 3.05) is 25.0 Å². The van der Waals surface area contributed by atoms with Crippen LogP contribution in [0.25, 0.3) is 11.4 Å². The summed E-state index contributed by atoms with van der Waals surface area (Å²) in [6, 6.07) is 6.92. The lowest BCUT2D eigenvalue weighted by molar-refractivity contribution is -0.138. The van der Waals surface area contributed by atoms with E-state index in [0.29, 0.717) is 17.3 Å². The number of hydrogen-bond donors (Lipinski definition) is 2. The Morgan fingerprint density at radius 1 is 1.38 bits per heavy atom.